The molecular formula is C14H27NO. The fourth-order valence-electron chi connectivity index (χ4n) is 3.01. The van der Waals surface area contributed by atoms with Crippen LogP contribution in [0.4, 0.5) is 0 Å². The van der Waals surface area contributed by atoms with E-state index in [1.807, 2.05) is 0 Å². The molecule has 0 amide bonds. The summed E-state index contributed by atoms with van der Waals surface area (Å²) in [5.41, 5.74) is 0.144. The van der Waals surface area contributed by atoms with Crippen LogP contribution in [0.3, 0.4) is 0 Å². The molecule has 2 heteroatoms. The third kappa shape index (κ3) is 2.02. The van der Waals surface area contributed by atoms with Crippen molar-refractivity contribution >= 4 is 0 Å². The average molecular weight is 225 g/mol. The molecule has 94 valence electrons. The van der Waals surface area contributed by atoms with Crippen LogP contribution in [-0.2, 0) is 4.74 Å². The van der Waals surface area contributed by atoms with E-state index >= 15 is 0 Å². The molecule has 0 bridgehead atoms. The predicted molar refractivity (Wildman–Crippen MR) is 67.3 cm³/mol. The summed E-state index contributed by atoms with van der Waals surface area (Å²) >= 11 is 0. The standard InChI is InChI=1S/C14H27NO/c1-11-7-6-8-14(9-11)15-10-12(2,3)13(4,5)16-14/h11,15H,6-10H2,1-5H3. The van der Waals surface area contributed by atoms with Crippen molar-refractivity contribution in [2.45, 2.75) is 71.6 Å². The van der Waals surface area contributed by atoms with Gasteiger partial charge < -0.3 is 4.74 Å². The van der Waals surface area contributed by atoms with Gasteiger partial charge in [0.2, 0.25) is 0 Å². The summed E-state index contributed by atoms with van der Waals surface area (Å²) in [6.07, 6.45) is 5.00. The van der Waals surface area contributed by atoms with Gasteiger partial charge >= 0.3 is 0 Å². The van der Waals surface area contributed by atoms with Gasteiger partial charge in [0.05, 0.1) is 5.60 Å². The third-order valence-corrected chi connectivity index (χ3v) is 4.89. The first-order valence-corrected chi connectivity index (χ1v) is 6.72. The van der Waals surface area contributed by atoms with Crippen LogP contribution in [-0.4, -0.2) is 17.9 Å². The number of rotatable bonds is 0. The Hall–Kier alpha value is -0.0800. The molecule has 1 aliphatic heterocycles. The third-order valence-electron chi connectivity index (χ3n) is 4.89. The highest BCUT2D eigenvalue weighted by Crippen LogP contribution is 2.45. The number of hydrogen-bond donors (Lipinski definition) is 1. The molecule has 2 unspecified atom stereocenters. The number of ether oxygens (including phenoxy) is 1. The van der Waals surface area contributed by atoms with Gasteiger partial charge in [-0.05, 0) is 39.0 Å². The van der Waals surface area contributed by atoms with E-state index in [1.165, 1.54) is 25.7 Å². The van der Waals surface area contributed by atoms with Crippen LogP contribution in [0.5, 0.6) is 0 Å². The van der Waals surface area contributed by atoms with Crippen molar-refractivity contribution in [3.63, 3.8) is 0 Å². The maximum atomic E-state index is 6.48. The van der Waals surface area contributed by atoms with E-state index in [9.17, 15) is 0 Å². The van der Waals surface area contributed by atoms with E-state index in [0.717, 1.165) is 12.5 Å². The zero-order valence-electron chi connectivity index (χ0n) is 11.5. The molecule has 1 saturated carbocycles. The molecule has 1 spiro atoms. The molecule has 16 heavy (non-hydrogen) atoms. The second-order valence-electron chi connectivity index (χ2n) is 7.05. The Kier molecular flexibility index (Phi) is 2.87. The molecule has 2 atom stereocenters. The fourth-order valence-corrected chi connectivity index (χ4v) is 3.01. The lowest BCUT2D eigenvalue weighted by Gasteiger charge is -2.56. The van der Waals surface area contributed by atoms with Gasteiger partial charge in [0.15, 0.2) is 0 Å². The Morgan fingerprint density at radius 3 is 2.44 bits per heavy atom. The van der Waals surface area contributed by atoms with Gasteiger partial charge in [-0.1, -0.05) is 27.2 Å². The van der Waals surface area contributed by atoms with Gasteiger partial charge in [0, 0.05) is 12.0 Å². The highest BCUT2D eigenvalue weighted by atomic mass is 16.5. The normalized spacial score (nSPS) is 42.2. The molecule has 1 saturated heterocycles. The number of nitrogens with one attached hydrogen (secondary N) is 1. The minimum Gasteiger partial charge on any atom is -0.354 e. The molecule has 2 nitrogen and oxygen atoms in total. The molecule has 0 radical (unpaired) electrons. The van der Waals surface area contributed by atoms with Gasteiger partial charge in [0.25, 0.3) is 0 Å². The number of hydrogen-bond acceptors (Lipinski definition) is 2. The molecule has 0 aromatic carbocycles. The highest BCUT2D eigenvalue weighted by molar-refractivity contribution is 5.00. The minimum atomic E-state index is -0.0324. The van der Waals surface area contributed by atoms with Crippen LogP contribution < -0.4 is 5.32 Å². The Bertz CT molecular complexity index is 272. The second kappa shape index (κ2) is 3.71. The lowest BCUT2D eigenvalue weighted by atomic mass is 9.72. The van der Waals surface area contributed by atoms with Gasteiger partial charge in [0.1, 0.15) is 5.72 Å². The second-order valence-corrected chi connectivity index (χ2v) is 7.05. The van der Waals surface area contributed by atoms with E-state index in [2.05, 4.69) is 39.9 Å². The summed E-state index contributed by atoms with van der Waals surface area (Å²) in [6, 6.07) is 0. The van der Waals surface area contributed by atoms with Crippen molar-refractivity contribution in [3.8, 4) is 0 Å². The Balaban J connectivity index is 2.15. The van der Waals surface area contributed by atoms with Crippen molar-refractivity contribution in [3.05, 3.63) is 0 Å². The van der Waals surface area contributed by atoms with E-state index in [4.69, 9.17) is 4.74 Å². The monoisotopic (exact) mass is 225 g/mol. The van der Waals surface area contributed by atoms with E-state index in [-0.39, 0.29) is 16.7 Å². The highest BCUT2D eigenvalue weighted by Gasteiger charge is 2.50. The first-order valence-electron chi connectivity index (χ1n) is 6.72. The Morgan fingerprint density at radius 2 is 1.88 bits per heavy atom. The minimum absolute atomic E-state index is 0.0311. The summed E-state index contributed by atoms with van der Waals surface area (Å²) < 4.78 is 6.48. The average Bonchev–Trinajstić information content (AvgIpc) is 2.12. The van der Waals surface area contributed by atoms with Crippen molar-refractivity contribution in [2.75, 3.05) is 6.54 Å². The quantitative estimate of drug-likeness (QED) is 0.683. The van der Waals surface area contributed by atoms with Crippen LogP contribution >= 0.6 is 0 Å². The molecule has 1 heterocycles. The summed E-state index contributed by atoms with van der Waals surface area (Å²) in [4.78, 5) is 0. The van der Waals surface area contributed by atoms with Crippen molar-refractivity contribution in [2.24, 2.45) is 11.3 Å². The molecule has 1 N–H and O–H groups in total. The van der Waals surface area contributed by atoms with Crippen LogP contribution in [0, 0.1) is 11.3 Å². The summed E-state index contributed by atoms with van der Waals surface area (Å²) in [7, 11) is 0. The Labute approximate surface area is 100 Å². The molecule has 2 aliphatic rings. The molecular weight excluding hydrogens is 198 g/mol. The fraction of sp³-hybridized carbons (Fsp3) is 1.00. The van der Waals surface area contributed by atoms with Gasteiger partial charge in [-0.2, -0.15) is 0 Å². The SMILES string of the molecule is CC1CCCC2(C1)NCC(C)(C)C(C)(C)O2. The zero-order chi connectivity index (χ0) is 12.0. The lowest BCUT2D eigenvalue weighted by Crippen LogP contribution is -2.66. The summed E-state index contributed by atoms with van der Waals surface area (Å²) in [5.74, 6) is 0.790. The molecule has 2 rings (SSSR count). The summed E-state index contributed by atoms with van der Waals surface area (Å²) in [5, 5.41) is 3.69. The Morgan fingerprint density at radius 1 is 1.19 bits per heavy atom. The van der Waals surface area contributed by atoms with E-state index in [0.29, 0.717) is 0 Å². The van der Waals surface area contributed by atoms with Gasteiger partial charge in [-0.15, -0.1) is 0 Å². The molecule has 0 aromatic rings. The predicted octanol–water partition coefficient (Wildman–Crippen LogP) is 3.32. The lowest BCUT2D eigenvalue weighted by molar-refractivity contribution is -0.250. The largest absolute Gasteiger partial charge is 0.354 e. The first-order chi connectivity index (χ1) is 7.27. The maximum absolute atomic E-state index is 6.48. The van der Waals surface area contributed by atoms with Gasteiger partial charge in [-0.3, -0.25) is 5.32 Å². The van der Waals surface area contributed by atoms with Crippen molar-refractivity contribution < 1.29 is 4.74 Å². The molecule has 1 aliphatic carbocycles. The molecule has 0 aromatic heterocycles. The smallest absolute Gasteiger partial charge is 0.120 e. The van der Waals surface area contributed by atoms with Crippen LogP contribution in [0.1, 0.15) is 60.3 Å². The first kappa shape index (κ1) is 12.4. The van der Waals surface area contributed by atoms with E-state index in [1.54, 1.807) is 0 Å². The van der Waals surface area contributed by atoms with Crippen LogP contribution in [0.15, 0.2) is 0 Å². The van der Waals surface area contributed by atoms with Crippen molar-refractivity contribution in [1.82, 2.24) is 5.32 Å². The zero-order valence-corrected chi connectivity index (χ0v) is 11.5. The van der Waals surface area contributed by atoms with Crippen LogP contribution in [0.25, 0.3) is 0 Å². The summed E-state index contributed by atoms with van der Waals surface area (Å²) in [6.45, 7) is 12.5. The molecule has 2 fully saturated rings. The van der Waals surface area contributed by atoms with E-state index < -0.39 is 0 Å². The van der Waals surface area contributed by atoms with Crippen molar-refractivity contribution in [1.29, 1.82) is 0 Å². The maximum Gasteiger partial charge on any atom is 0.120 e. The topological polar surface area (TPSA) is 21.3 Å². The van der Waals surface area contributed by atoms with Gasteiger partial charge in [-0.25, -0.2) is 0 Å². The van der Waals surface area contributed by atoms with Crippen LogP contribution in [0.2, 0.25) is 0 Å².